The number of methoxy groups -OCH3 is 1. The van der Waals surface area contributed by atoms with Gasteiger partial charge in [-0.2, -0.15) is 11.8 Å². The number of hydrogen-bond donors (Lipinski definition) is 1. The molecule has 0 aliphatic heterocycles. The fraction of sp³-hybridized carbons (Fsp3) is 0.500. The zero-order valence-corrected chi connectivity index (χ0v) is 10.8. The third-order valence-electron chi connectivity index (χ3n) is 3.01. The number of ether oxygens (including phenoxy) is 1. The standard InChI is InChI=1S/C12H16N2O2S/c1-16-11(15)9-3-6-13-10(7-9)14-8-12(17-2)4-5-12/h3,6-7H,4-5,8H2,1-2H3,(H,13,14). The molecule has 1 aromatic rings. The molecule has 5 heteroatoms. The van der Waals surface area contributed by atoms with Crippen LogP contribution >= 0.6 is 11.8 Å². The molecular formula is C12H16N2O2S. The van der Waals surface area contributed by atoms with Crippen LogP contribution in [-0.2, 0) is 4.74 Å². The number of carbonyl (C=O) groups excluding carboxylic acids is 1. The van der Waals surface area contributed by atoms with Crippen LogP contribution in [0.25, 0.3) is 0 Å². The highest BCUT2D eigenvalue weighted by molar-refractivity contribution is 8.00. The number of aromatic nitrogens is 1. The van der Waals surface area contributed by atoms with Gasteiger partial charge in [0.05, 0.1) is 12.7 Å². The van der Waals surface area contributed by atoms with Crippen molar-refractivity contribution < 1.29 is 9.53 Å². The van der Waals surface area contributed by atoms with Gasteiger partial charge < -0.3 is 10.1 Å². The summed E-state index contributed by atoms with van der Waals surface area (Å²) < 4.78 is 5.05. The molecule has 1 saturated carbocycles. The van der Waals surface area contributed by atoms with Crippen LogP contribution in [0, 0.1) is 0 Å². The van der Waals surface area contributed by atoms with Crippen molar-refractivity contribution in [3.8, 4) is 0 Å². The number of esters is 1. The maximum Gasteiger partial charge on any atom is 0.338 e. The fourth-order valence-electron chi connectivity index (χ4n) is 1.62. The molecule has 1 aliphatic carbocycles. The number of anilines is 1. The van der Waals surface area contributed by atoms with Gasteiger partial charge in [-0.1, -0.05) is 0 Å². The van der Waals surface area contributed by atoms with Crippen molar-refractivity contribution >= 4 is 23.5 Å². The van der Waals surface area contributed by atoms with Gasteiger partial charge in [-0.05, 0) is 31.2 Å². The third-order valence-corrected chi connectivity index (χ3v) is 4.43. The molecule has 4 nitrogen and oxygen atoms in total. The number of pyridine rings is 1. The highest BCUT2D eigenvalue weighted by Crippen LogP contribution is 2.46. The van der Waals surface area contributed by atoms with Crippen molar-refractivity contribution in [3.63, 3.8) is 0 Å². The van der Waals surface area contributed by atoms with E-state index >= 15 is 0 Å². The average molecular weight is 252 g/mol. The number of nitrogens with zero attached hydrogens (tertiary/aromatic N) is 1. The van der Waals surface area contributed by atoms with Crippen molar-refractivity contribution in [2.24, 2.45) is 0 Å². The molecule has 0 radical (unpaired) electrons. The van der Waals surface area contributed by atoms with E-state index in [0.29, 0.717) is 10.3 Å². The second-order valence-corrected chi connectivity index (χ2v) is 5.44. The van der Waals surface area contributed by atoms with Crippen molar-refractivity contribution in [1.82, 2.24) is 4.98 Å². The van der Waals surface area contributed by atoms with Crippen molar-refractivity contribution in [3.05, 3.63) is 23.9 Å². The molecule has 1 aliphatic rings. The monoisotopic (exact) mass is 252 g/mol. The first kappa shape index (κ1) is 12.2. The second kappa shape index (κ2) is 4.96. The first-order chi connectivity index (χ1) is 8.19. The number of rotatable bonds is 5. The summed E-state index contributed by atoms with van der Waals surface area (Å²) in [4.78, 5) is 15.5. The lowest BCUT2D eigenvalue weighted by Gasteiger charge is -2.13. The lowest BCUT2D eigenvalue weighted by Crippen LogP contribution is -2.18. The molecule has 1 fully saturated rings. The van der Waals surface area contributed by atoms with E-state index in [0.717, 1.165) is 12.4 Å². The summed E-state index contributed by atoms with van der Waals surface area (Å²) in [5, 5.41) is 3.28. The van der Waals surface area contributed by atoms with E-state index in [9.17, 15) is 4.79 Å². The van der Waals surface area contributed by atoms with Crippen LogP contribution in [-0.4, -0.2) is 35.6 Å². The highest BCUT2D eigenvalue weighted by Gasteiger charge is 2.41. The van der Waals surface area contributed by atoms with Crippen molar-refractivity contribution in [2.45, 2.75) is 17.6 Å². The van der Waals surface area contributed by atoms with Crippen LogP contribution in [0.4, 0.5) is 5.82 Å². The summed E-state index contributed by atoms with van der Waals surface area (Å²) >= 11 is 1.89. The van der Waals surface area contributed by atoms with Crippen LogP contribution in [0.1, 0.15) is 23.2 Å². The van der Waals surface area contributed by atoms with E-state index in [4.69, 9.17) is 0 Å². The molecular weight excluding hydrogens is 236 g/mol. The Balaban J connectivity index is 1.99. The van der Waals surface area contributed by atoms with E-state index in [1.807, 2.05) is 11.8 Å². The van der Waals surface area contributed by atoms with E-state index in [2.05, 4.69) is 21.3 Å². The van der Waals surface area contributed by atoms with Gasteiger partial charge >= 0.3 is 5.97 Å². The minimum atomic E-state index is -0.332. The van der Waals surface area contributed by atoms with Crippen LogP contribution in [0.15, 0.2) is 18.3 Å². The van der Waals surface area contributed by atoms with E-state index < -0.39 is 0 Å². The summed E-state index contributed by atoms with van der Waals surface area (Å²) in [6.07, 6.45) is 6.25. The number of hydrogen-bond acceptors (Lipinski definition) is 5. The summed E-state index contributed by atoms with van der Waals surface area (Å²) in [6.45, 7) is 0.895. The summed E-state index contributed by atoms with van der Waals surface area (Å²) in [7, 11) is 1.38. The molecule has 0 saturated heterocycles. The number of carbonyl (C=O) groups is 1. The topological polar surface area (TPSA) is 51.2 Å². The largest absolute Gasteiger partial charge is 0.465 e. The molecule has 17 heavy (non-hydrogen) atoms. The van der Waals surface area contributed by atoms with Crippen LogP contribution in [0.3, 0.4) is 0 Å². The molecule has 1 heterocycles. The second-order valence-electron chi connectivity index (χ2n) is 4.16. The van der Waals surface area contributed by atoms with Gasteiger partial charge in [0, 0.05) is 17.5 Å². The van der Waals surface area contributed by atoms with Crippen LogP contribution in [0.5, 0.6) is 0 Å². The summed E-state index contributed by atoms with van der Waals surface area (Å²) in [5.41, 5.74) is 0.527. The minimum Gasteiger partial charge on any atom is -0.465 e. The Bertz CT molecular complexity index is 419. The first-order valence-electron chi connectivity index (χ1n) is 5.52. The summed E-state index contributed by atoms with van der Waals surface area (Å²) in [5.74, 6) is 0.398. The average Bonchev–Trinajstić information content (AvgIpc) is 3.16. The lowest BCUT2D eigenvalue weighted by atomic mass is 10.2. The van der Waals surface area contributed by atoms with E-state index in [1.54, 1.807) is 18.3 Å². The van der Waals surface area contributed by atoms with Crippen LogP contribution < -0.4 is 5.32 Å². The van der Waals surface area contributed by atoms with Gasteiger partial charge in [0.1, 0.15) is 5.82 Å². The van der Waals surface area contributed by atoms with Crippen LogP contribution in [0.2, 0.25) is 0 Å². The van der Waals surface area contributed by atoms with Gasteiger partial charge in [-0.15, -0.1) is 0 Å². The Morgan fingerprint density at radius 2 is 2.41 bits per heavy atom. The van der Waals surface area contributed by atoms with Gasteiger partial charge in [-0.3, -0.25) is 0 Å². The highest BCUT2D eigenvalue weighted by atomic mass is 32.2. The maximum absolute atomic E-state index is 11.4. The van der Waals surface area contributed by atoms with Gasteiger partial charge in [0.25, 0.3) is 0 Å². The molecule has 0 aromatic carbocycles. The molecule has 2 rings (SSSR count). The molecule has 0 unspecified atom stereocenters. The van der Waals surface area contributed by atoms with Gasteiger partial charge in [0.15, 0.2) is 0 Å². The Hall–Kier alpha value is -1.23. The molecule has 0 spiro atoms. The fourth-order valence-corrected chi connectivity index (χ4v) is 2.34. The summed E-state index contributed by atoms with van der Waals surface area (Å²) in [6, 6.07) is 3.38. The quantitative estimate of drug-likeness (QED) is 0.814. The maximum atomic E-state index is 11.4. The lowest BCUT2D eigenvalue weighted by molar-refractivity contribution is 0.0600. The molecule has 0 amide bonds. The first-order valence-corrected chi connectivity index (χ1v) is 6.75. The molecule has 1 aromatic heterocycles. The van der Waals surface area contributed by atoms with E-state index in [1.165, 1.54) is 20.0 Å². The zero-order chi connectivity index (χ0) is 12.3. The van der Waals surface area contributed by atoms with E-state index in [-0.39, 0.29) is 5.97 Å². The zero-order valence-electron chi connectivity index (χ0n) is 10.0. The third kappa shape index (κ3) is 2.91. The molecule has 1 N–H and O–H groups in total. The van der Waals surface area contributed by atoms with Gasteiger partial charge in [-0.25, -0.2) is 9.78 Å². The predicted octanol–water partition coefficient (Wildman–Crippen LogP) is 2.18. The predicted molar refractivity (Wildman–Crippen MR) is 69.5 cm³/mol. The Morgan fingerprint density at radius 1 is 1.65 bits per heavy atom. The molecule has 0 bridgehead atoms. The minimum absolute atomic E-state index is 0.332. The van der Waals surface area contributed by atoms with Crippen molar-refractivity contribution in [1.29, 1.82) is 0 Å². The Morgan fingerprint density at radius 3 is 3.00 bits per heavy atom. The SMILES string of the molecule is COC(=O)c1ccnc(NCC2(SC)CC2)c1. The Labute approximate surface area is 105 Å². The van der Waals surface area contributed by atoms with Gasteiger partial charge in [0.2, 0.25) is 0 Å². The molecule has 0 atom stereocenters. The smallest absolute Gasteiger partial charge is 0.338 e. The normalized spacial score (nSPS) is 16.4. The molecule has 92 valence electrons. The Kier molecular flexibility index (Phi) is 3.57. The number of nitrogens with one attached hydrogen (secondary N) is 1. The van der Waals surface area contributed by atoms with Crippen molar-refractivity contribution in [2.75, 3.05) is 25.2 Å². The number of thioether (sulfide) groups is 1.